The van der Waals surface area contributed by atoms with Gasteiger partial charge in [-0.25, -0.2) is 0 Å². The van der Waals surface area contributed by atoms with E-state index in [1.807, 2.05) is 30.2 Å². The number of amides is 1. The van der Waals surface area contributed by atoms with Crippen molar-refractivity contribution in [1.82, 2.24) is 19.6 Å². The third-order valence-corrected chi connectivity index (χ3v) is 8.84. The second-order valence-corrected chi connectivity index (χ2v) is 10.9. The first kappa shape index (κ1) is 21.2. The van der Waals surface area contributed by atoms with Gasteiger partial charge in [-0.2, -0.15) is 5.10 Å². The van der Waals surface area contributed by atoms with Crippen molar-refractivity contribution in [2.24, 2.45) is 5.92 Å². The number of likely N-dealkylation sites (tertiary alicyclic amines) is 2. The summed E-state index contributed by atoms with van der Waals surface area (Å²) >= 11 is 0. The molecule has 0 spiro atoms. The molecule has 1 saturated carbocycles. The molecule has 3 atom stereocenters. The molecule has 7 nitrogen and oxygen atoms in total. The van der Waals surface area contributed by atoms with E-state index in [-0.39, 0.29) is 24.2 Å². The third-order valence-electron chi connectivity index (χ3n) is 8.84. The highest BCUT2D eigenvalue weighted by Gasteiger charge is 2.63. The molecule has 6 rings (SSSR count). The van der Waals surface area contributed by atoms with Crippen molar-refractivity contribution in [2.75, 3.05) is 26.2 Å². The molecule has 1 aromatic carbocycles. The van der Waals surface area contributed by atoms with Crippen LogP contribution in [0.25, 0.3) is 0 Å². The average molecular weight is 451 g/mol. The van der Waals surface area contributed by atoms with Crippen LogP contribution in [0.15, 0.2) is 30.6 Å². The molecule has 4 aliphatic rings. The van der Waals surface area contributed by atoms with Gasteiger partial charge in [-0.05, 0) is 86.7 Å². The molecule has 2 aliphatic heterocycles. The summed E-state index contributed by atoms with van der Waals surface area (Å²) in [6.45, 7) is 5.41. The standard InChI is InChI=1S/C26H34N4O3/c1-18-14-27-30(15-18)17-24(32)28-9-6-25-7-10-29(16-19-2-3-19)23(26(25,33)8-11-28)12-20-4-5-21(31)13-22(20)25/h4-5,13-15,19,23,31,33H,2-3,6-12,16-17H2,1H3. The van der Waals surface area contributed by atoms with E-state index < -0.39 is 11.0 Å². The zero-order valence-corrected chi connectivity index (χ0v) is 19.4. The van der Waals surface area contributed by atoms with Crippen LogP contribution in [0, 0.1) is 12.8 Å². The highest BCUT2D eigenvalue weighted by Crippen LogP contribution is 2.56. The Labute approximate surface area is 195 Å². The van der Waals surface area contributed by atoms with E-state index in [1.54, 1.807) is 16.9 Å². The van der Waals surface area contributed by atoms with Crippen molar-refractivity contribution in [3.8, 4) is 5.75 Å². The quantitative estimate of drug-likeness (QED) is 0.747. The number of hydrogen-bond acceptors (Lipinski definition) is 5. The summed E-state index contributed by atoms with van der Waals surface area (Å²) in [4.78, 5) is 17.6. The molecule has 3 heterocycles. The van der Waals surface area contributed by atoms with Crippen LogP contribution in [0.1, 0.15) is 48.8 Å². The Morgan fingerprint density at radius 1 is 1.18 bits per heavy atom. The zero-order valence-electron chi connectivity index (χ0n) is 19.4. The molecule has 7 heteroatoms. The Morgan fingerprint density at radius 2 is 1.97 bits per heavy atom. The average Bonchev–Trinajstić information content (AvgIpc) is 3.53. The van der Waals surface area contributed by atoms with Crippen molar-refractivity contribution in [3.05, 3.63) is 47.3 Å². The molecule has 2 N–H and O–H groups in total. The monoisotopic (exact) mass is 450 g/mol. The first-order valence-electron chi connectivity index (χ1n) is 12.4. The van der Waals surface area contributed by atoms with Gasteiger partial charge in [-0.1, -0.05) is 6.07 Å². The molecular formula is C26H34N4O3. The Bertz CT molecular complexity index is 1080. The number of carbonyl (C=O) groups is 1. The van der Waals surface area contributed by atoms with E-state index >= 15 is 0 Å². The van der Waals surface area contributed by atoms with Gasteiger partial charge in [0.25, 0.3) is 0 Å². The second-order valence-electron chi connectivity index (χ2n) is 10.9. The van der Waals surface area contributed by atoms with E-state index in [4.69, 9.17) is 0 Å². The number of rotatable bonds is 4. The summed E-state index contributed by atoms with van der Waals surface area (Å²) < 4.78 is 1.70. The molecule has 2 bridgehead atoms. The maximum absolute atomic E-state index is 13.2. The fourth-order valence-electron chi connectivity index (χ4n) is 6.91. The molecule has 0 radical (unpaired) electrons. The van der Waals surface area contributed by atoms with Gasteiger partial charge in [0.05, 0.1) is 11.8 Å². The summed E-state index contributed by atoms with van der Waals surface area (Å²) in [6.07, 6.45) is 9.22. The lowest BCUT2D eigenvalue weighted by Gasteiger charge is -2.61. The maximum atomic E-state index is 13.2. The Kier molecular flexibility index (Phi) is 4.86. The molecule has 2 saturated heterocycles. The van der Waals surface area contributed by atoms with Crippen molar-refractivity contribution < 1.29 is 15.0 Å². The van der Waals surface area contributed by atoms with E-state index in [9.17, 15) is 15.0 Å². The number of benzene rings is 1. The maximum Gasteiger partial charge on any atom is 0.244 e. The van der Waals surface area contributed by atoms with Crippen LogP contribution in [-0.4, -0.2) is 73.5 Å². The molecule has 2 aromatic rings. The number of hydrogen-bond donors (Lipinski definition) is 2. The highest BCUT2D eigenvalue weighted by molar-refractivity contribution is 5.76. The van der Waals surface area contributed by atoms with Crippen molar-refractivity contribution in [1.29, 1.82) is 0 Å². The number of nitrogens with zero attached hydrogens (tertiary/aromatic N) is 4. The van der Waals surface area contributed by atoms with Gasteiger partial charge in [0.15, 0.2) is 0 Å². The smallest absolute Gasteiger partial charge is 0.244 e. The van der Waals surface area contributed by atoms with Crippen LogP contribution in [0.5, 0.6) is 5.75 Å². The summed E-state index contributed by atoms with van der Waals surface area (Å²) in [5.41, 5.74) is 2.05. The minimum Gasteiger partial charge on any atom is -0.508 e. The lowest BCUT2D eigenvalue weighted by Crippen LogP contribution is -2.71. The summed E-state index contributed by atoms with van der Waals surface area (Å²) in [5.74, 6) is 1.08. The molecule has 176 valence electrons. The third kappa shape index (κ3) is 3.39. The Morgan fingerprint density at radius 3 is 2.73 bits per heavy atom. The minimum absolute atomic E-state index is 0.0530. The number of fused-ring (bicyclic) bond motifs is 1. The minimum atomic E-state index is -0.905. The first-order chi connectivity index (χ1) is 15.9. The van der Waals surface area contributed by atoms with Crippen molar-refractivity contribution >= 4 is 5.91 Å². The molecule has 3 unspecified atom stereocenters. The number of aromatic hydroxyl groups is 1. The number of aliphatic hydroxyl groups is 1. The van der Waals surface area contributed by atoms with Crippen molar-refractivity contribution in [2.45, 2.75) is 69.1 Å². The zero-order chi connectivity index (χ0) is 22.8. The molecule has 1 aromatic heterocycles. The fraction of sp³-hybridized carbons (Fsp3) is 0.615. The first-order valence-corrected chi connectivity index (χ1v) is 12.4. The van der Waals surface area contributed by atoms with E-state index in [0.29, 0.717) is 19.5 Å². The number of carbonyl (C=O) groups excluding carboxylic acids is 1. The van der Waals surface area contributed by atoms with E-state index in [1.165, 1.54) is 18.4 Å². The Balaban J connectivity index is 1.34. The number of phenols is 1. The van der Waals surface area contributed by atoms with Crippen LogP contribution < -0.4 is 0 Å². The van der Waals surface area contributed by atoms with E-state index in [0.717, 1.165) is 49.4 Å². The summed E-state index contributed by atoms with van der Waals surface area (Å²) in [7, 11) is 0. The van der Waals surface area contributed by atoms with Crippen LogP contribution in [0.4, 0.5) is 0 Å². The largest absolute Gasteiger partial charge is 0.508 e. The van der Waals surface area contributed by atoms with Gasteiger partial charge in [0, 0.05) is 37.3 Å². The van der Waals surface area contributed by atoms with Gasteiger partial charge >= 0.3 is 0 Å². The predicted molar refractivity (Wildman–Crippen MR) is 124 cm³/mol. The van der Waals surface area contributed by atoms with Crippen LogP contribution >= 0.6 is 0 Å². The summed E-state index contributed by atoms with van der Waals surface area (Å²) in [6, 6.07) is 5.77. The number of piperidine rings is 1. The highest BCUT2D eigenvalue weighted by atomic mass is 16.3. The lowest BCUT2D eigenvalue weighted by atomic mass is 9.52. The number of aromatic nitrogens is 2. The van der Waals surface area contributed by atoms with Gasteiger partial charge in [0.2, 0.25) is 5.91 Å². The van der Waals surface area contributed by atoms with Crippen molar-refractivity contribution in [3.63, 3.8) is 0 Å². The molecular weight excluding hydrogens is 416 g/mol. The molecule has 3 fully saturated rings. The van der Waals surface area contributed by atoms with E-state index in [2.05, 4.69) is 10.00 Å². The molecule has 1 amide bonds. The van der Waals surface area contributed by atoms with Gasteiger partial charge in [-0.3, -0.25) is 14.4 Å². The summed E-state index contributed by atoms with van der Waals surface area (Å²) in [5, 5.41) is 27.1. The molecule has 2 aliphatic carbocycles. The Hall–Kier alpha value is -2.38. The van der Waals surface area contributed by atoms with Crippen LogP contribution in [-0.2, 0) is 23.2 Å². The fourth-order valence-corrected chi connectivity index (χ4v) is 6.91. The lowest BCUT2D eigenvalue weighted by molar-refractivity contribution is -0.149. The molecule has 33 heavy (non-hydrogen) atoms. The second kappa shape index (κ2) is 7.57. The normalized spacial score (nSPS) is 31.6. The predicted octanol–water partition coefficient (Wildman–Crippen LogP) is 2.23. The van der Waals surface area contributed by atoms with Gasteiger partial charge < -0.3 is 15.1 Å². The number of aryl methyl sites for hydroxylation is 1. The number of phenolic OH excluding ortho intramolecular Hbond substituents is 1. The van der Waals surface area contributed by atoms with Crippen LogP contribution in [0.2, 0.25) is 0 Å². The van der Waals surface area contributed by atoms with Gasteiger partial charge in [-0.15, -0.1) is 0 Å². The SMILES string of the molecule is Cc1cnn(CC(=O)N2CCC34CCN(CC5CC5)C(Cc5ccc(O)cc53)C4(O)CC2)c1. The van der Waals surface area contributed by atoms with Gasteiger partial charge in [0.1, 0.15) is 12.3 Å². The van der Waals surface area contributed by atoms with Crippen LogP contribution in [0.3, 0.4) is 0 Å². The topological polar surface area (TPSA) is 81.8 Å².